The molecule has 4 aromatic heterocycles. The lowest BCUT2D eigenvalue weighted by Gasteiger charge is -2.42. The van der Waals surface area contributed by atoms with E-state index in [-0.39, 0.29) is 6.41 Å². The number of anilines is 1. The molecule has 4 N–H and O–H groups in total. The first-order valence-electron chi connectivity index (χ1n) is 11.0. The average molecular weight is 452 g/mol. The number of carbonyl (C=O) groups excluding carboxylic acids is 1. The topological polar surface area (TPSA) is 134 Å². The van der Waals surface area contributed by atoms with Gasteiger partial charge in [0.25, 0.3) is 0 Å². The zero-order chi connectivity index (χ0) is 22.9. The second kappa shape index (κ2) is 8.74. The van der Waals surface area contributed by atoms with E-state index in [4.69, 9.17) is 20.0 Å². The Kier molecular flexibility index (Phi) is 5.63. The number of amides is 1. The molecule has 1 amide bonds. The van der Waals surface area contributed by atoms with E-state index in [1.54, 1.807) is 0 Å². The van der Waals surface area contributed by atoms with Crippen LogP contribution >= 0.6 is 0 Å². The van der Waals surface area contributed by atoms with Gasteiger partial charge in [-0.2, -0.15) is 5.10 Å². The minimum Gasteiger partial charge on any atom is -0.366 e. The maximum Gasteiger partial charge on any atom is 0.230 e. The molecule has 0 aromatic carbocycles. The van der Waals surface area contributed by atoms with Crippen LogP contribution in [0, 0.1) is 17.7 Å². The minimum atomic E-state index is -0.406. The standard InChI is InChI=1S/C21H22FN7.CH3NO2/c1-29-7-6-14-19(24-16-8-11-2-4-12(16)5-3-11)25-20(26-21(14)29)17-15-9-13(22)10-23-18(15)28-27-17;3-1-2-4/h6-7,9-12,16H,2-5,8H2,1H3,(H,23,27,28)(H,24,25,26);1,4H,(H,2,3). The summed E-state index contributed by atoms with van der Waals surface area (Å²) in [6, 6.07) is 3.92. The van der Waals surface area contributed by atoms with Crippen molar-refractivity contribution in [2.75, 3.05) is 5.32 Å². The highest BCUT2D eigenvalue weighted by atomic mass is 19.1. The number of aryl methyl sites for hydroxylation is 1. The summed E-state index contributed by atoms with van der Waals surface area (Å²) in [6.45, 7) is 0. The molecule has 11 heteroatoms. The van der Waals surface area contributed by atoms with Gasteiger partial charge in [-0.25, -0.2) is 24.8 Å². The number of aromatic nitrogens is 6. The molecule has 1 unspecified atom stereocenters. The number of nitrogens with one attached hydrogen (secondary N) is 3. The molecular weight excluding hydrogens is 427 g/mol. The molecule has 3 aliphatic rings. The molecule has 7 rings (SSSR count). The number of hydroxylamine groups is 1. The fraction of sp³-hybridized carbons (Fsp3) is 0.409. The fourth-order valence-corrected chi connectivity index (χ4v) is 5.13. The Bertz CT molecular complexity index is 1290. The Morgan fingerprint density at radius 2 is 2.03 bits per heavy atom. The largest absolute Gasteiger partial charge is 0.366 e. The smallest absolute Gasteiger partial charge is 0.230 e. The van der Waals surface area contributed by atoms with Crippen molar-refractivity contribution in [1.29, 1.82) is 0 Å². The summed E-state index contributed by atoms with van der Waals surface area (Å²) >= 11 is 0. The molecule has 3 aliphatic carbocycles. The van der Waals surface area contributed by atoms with Gasteiger partial charge in [-0.1, -0.05) is 12.8 Å². The van der Waals surface area contributed by atoms with Gasteiger partial charge in [0.05, 0.1) is 17.0 Å². The number of nitrogens with zero attached hydrogens (tertiary/aromatic N) is 5. The summed E-state index contributed by atoms with van der Waals surface area (Å²) in [5.41, 5.74) is 3.13. The van der Waals surface area contributed by atoms with Crippen molar-refractivity contribution in [1.82, 2.24) is 35.2 Å². The van der Waals surface area contributed by atoms with Gasteiger partial charge in [0.2, 0.25) is 6.41 Å². The lowest BCUT2D eigenvalue weighted by molar-refractivity contribution is -0.116. The van der Waals surface area contributed by atoms with Crippen LogP contribution in [0.2, 0.25) is 0 Å². The maximum absolute atomic E-state index is 13.8. The number of H-pyrrole nitrogens is 1. The van der Waals surface area contributed by atoms with Gasteiger partial charge < -0.3 is 9.88 Å². The molecular formula is C22H25FN8O2. The molecule has 10 nitrogen and oxygen atoms in total. The van der Waals surface area contributed by atoms with Crippen LogP contribution in [-0.4, -0.2) is 47.4 Å². The van der Waals surface area contributed by atoms with Crippen molar-refractivity contribution >= 4 is 34.3 Å². The van der Waals surface area contributed by atoms with Crippen LogP contribution in [0.3, 0.4) is 0 Å². The number of fused-ring (bicyclic) bond motifs is 5. The van der Waals surface area contributed by atoms with Crippen molar-refractivity contribution in [2.45, 2.75) is 38.1 Å². The summed E-state index contributed by atoms with van der Waals surface area (Å²) in [5, 5.41) is 19.7. The highest BCUT2D eigenvalue weighted by Crippen LogP contribution is 2.43. The average Bonchev–Trinajstić information content (AvgIpc) is 3.43. The van der Waals surface area contributed by atoms with E-state index in [1.165, 1.54) is 49.8 Å². The van der Waals surface area contributed by atoms with E-state index in [2.05, 4.69) is 26.6 Å². The predicted molar refractivity (Wildman–Crippen MR) is 120 cm³/mol. The Balaban J connectivity index is 0.000000531. The summed E-state index contributed by atoms with van der Waals surface area (Å²) in [7, 11) is 1.97. The third kappa shape index (κ3) is 3.99. The third-order valence-electron chi connectivity index (χ3n) is 6.75. The molecule has 3 fully saturated rings. The van der Waals surface area contributed by atoms with Gasteiger partial charge in [-0.3, -0.25) is 15.1 Å². The van der Waals surface area contributed by atoms with E-state index in [1.807, 2.05) is 17.8 Å². The van der Waals surface area contributed by atoms with Gasteiger partial charge in [0.1, 0.15) is 23.0 Å². The second-order valence-electron chi connectivity index (χ2n) is 8.70. The molecule has 0 radical (unpaired) electrons. The normalized spacial score (nSPS) is 21.6. The van der Waals surface area contributed by atoms with Crippen LogP contribution in [-0.2, 0) is 11.8 Å². The Hall–Kier alpha value is -3.60. The van der Waals surface area contributed by atoms with Crippen LogP contribution in [0.4, 0.5) is 10.2 Å². The van der Waals surface area contributed by atoms with E-state index in [9.17, 15) is 4.39 Å². The molecule has 1 atom stereocenters. The lowest BCUT2D eigenvalue weighted by atomic mass is 9.68. The van der Waals surface area contributed by atoms with E-state index < -0.39 is 5.82 Å². The Morgan fingerprint density at radius 1 is 1.24 bits per heavy atom. The van der Waals surface area contributed by atoms with Crippen molar-refractivity contribution < 1.29 is 14.4 Å². The van der Waals surface area contributed by atoms with Crippen LogP contribution in [0.25, 0.3) is 33.6 Å². The number of pyridine rings is 1. The van der Waals surface area contributed by atoms with E-state index in [0.717, 1.165) is 22.8 Å². The van der Waals surface area contributed by atoms with Crippen molar-refractivity contribution in [3.05, 3.63) is 30.3 Å². The molecule has 0 aliphatic heterocycles. The van der Waals surface area contributed by atoms with Crippen LogP contribution in [0.5, 0.6) is 0 Å². The molecule has 3 saturated carbocycles. The van der Waals surface area contributed by atoms with E-state index >= 15 is 0 Å². The first kappa shape index (κ1) is 21.3. The van der Waals surface area contributed by atoms with E-state index in [0.29, 0.717) is 34.5 Å². The van der Waals surface area contributed by atoms with Gasteiger partial charge in [-0.15, -0.1) is 0 Å². The van der Waals surface area contributed by atoms with Gasteiger partial charge in [-0.05, 0) is 43.2 Å². The molecule has 0 spiro atoms. The van der Waals surface area contributed by atoms with Crippen LogP contribution in [0.15, 0.2) is 24.5 Å². The van der Waals surface area contributed by atoms with Crippen LogP contribution < -0.4 is 10.8 Å². The lowest BCUT2D eigenvalue weighted by Crippen LogP contribution is -2.40. The summed E-state index contributed by atoms with van der Waals surface area (Å²) < 4.78 is 15.8. The molecule has 2 bridgehead atoms. The molecule has 4 heterocycles. The van der Waals surface area contributed by atoms with Crippen LogP contribution in [0.1, 0.15) is 32.1 Å². The second-order valence-corrected chi connectivity index (χ2v) is 8.70. The summed E-state index contributed by atoms with van der Waals surface area (Å²) in [6.07, 6.45) is 9.87. The highest BCUT2D eigenvalue weighted by Gasteiger charge is 2.36. The first-order valence-corrected chi connectivity index (χ1v) is 11.0. The fourth-order valence-electron chi connectivity index (χ4n) is 5.13. The number of hydrogen-bond acceptors (Lipinski definition) is 7. The molecule has 172 valence electrons. The van der Waals surface area contributed by atoms with Crippen molar-refractivity contribution in [2.24, 2.45) is 18.9 Å². The SMILES string of the molecule is Cn1ccc2c(NC3CC4CCC3CC4)nc(-c3[nH]nc4ncc(F)cc34)nc21.O=CNO. The van der Waals surface area contributed by atoms with Gasteiger partial charge in [0.15, 0.2) is 11.5 Å². The van der Waals surface area contributed by atoms with Gasteiger partial charge in [0, 0.05) is 19.3 Å². The first-order chi connectivity index (χ1) is 16.1. The summed E-state index contributed by atoms with van der Waals surface area (Å²) in [4.78, 5) is 22.5. The quantitative estimate of drug-likeness (QED) is 0.212. The molecule has 4 aromatic rings. The molecule has 0 saturated heterocycles. The van der Waals surface area contributed by atoms with Crippen molar-refractivity contribution in [3.8, 4) is 11.5 Å². The zero-order valence-corrected chi connectivity index (χ0v) is 18.1. The predicted octanol–water partition coefficient (Wildman–Crippen LogP) is 3.16. The molecule has 33 heavy (non-hydrogen) atoms. The third-order valence-corrected chi connectivity index (χ3v) is 6.75. The monoisotopic (exact) mass is 452 g/mol. The zero-order valence-electron chi connectivity index (χ0n) is 18.1. The number of rotatable bonds is 4. The number of halogens is 1. The Morgan fingerprint density at radius 3 is 2.73 bits per heavy atom. The number of carbonyl (C=O) groups is 1. The van der Waals surface area contributed by atoms with Gasteiger partial charge >= 0.3 is 0 Å². The maximum atomic E-state index is 13.8. The highest BCUT2D eigenvalue weighted by molar-refractivity contribution is 5.93. The summed E-state index contributed by atoms with van der Waals surface area (Å²) in [5.74, 6) is 2.48. The van der Waals surface area contributed by atoms with Crippen molar-refractivity contribution in [3.63, 3.8) is 0 Å². The minimum absolute atomic E-state index is 0.181. The Labute approximate surface area is 188 Å². The number of hydrogen-bond donors (Lipinski definition) is 4. The number of aromatic amines is 1.